The molecule has 1 atom stereocenters. The molecule has 2 aromatic rings. The molecule has 1 amide bonds. The lowest BCUT2D eigenvalue weighted by Crippen LogP contribution is -2.29. The minimum absolute atomic E-state index is 0.0522. The van der Waals surface area contributed by atoms with E-state index in [-0.39, 0.29) is 10.1 Å². The molecule has 0 fully saturated rings. The van der Waals surface area contributed by atoms with Crippen LogP contribution in [-0.2, 0) is 14.3 Å². The highest BCUT2D eigenvalue weighted by atomic mass is 32.1. The summed E-state index contributed by atoms with van der Waals surface area (Å²) in [6.45, 7) is 0.951. The number of nitrogens with zero attached hydrogens (tertiary/aromatic N) is 2. The van der Waals surface area contributed by atoms with Crippen LogP contribution in [0.1, 0.15) is 6.92 Å². The Morgan fingerprint density at radius 2 is 2.08 bits per heavy atom. The summed E-state index contributed by atoms with van der Waals surface area (Å²) in [6, 6.07) is 8.70. The van der Waals surface area contributed by atoms with Crippen molar-refractivity contribution >= 4 is 33.3 Å². The molecule has 0 aliphatic rings. The van der Waals surface area contributed by atoms with Crippen LogP contribution in [0, 0.1) is 10.1 Å². The lowest BCUT2D eigenvalue weighted by molar-refractivity contribution is -0.380. The Bertz CT molecular complexity index is 733. The van der Waals surface area contributed by atoms with Crippen LogP contribution in [0.3, 0.4) is 0 Å². The molecule has 1 heterocycles. The maximum absolute atomic E-state index is 11.8. The topological polar surface area (TPSA) is 121 Å². The van der Waals surface area contributed by atoms with Crippen LogP contribution >= 0.6 is 11.3 Å². The number of hydrogen-bond donors (Lipinski definition) is 1. The summed E-state index contributed by atoms with van der Waals surface area (Å²) in [5, 5.41) is 12.7. The smallest absolute Gasteiger partial charge is 0.347 e. The van der Waals surface area contributed by atoms with Crippen LogP contribution in [0.5, 0.6) is 5.75 Å². The zero-order valence-corrected chi connectivity index (χ0v) is 13.3. The molecular formula is C14H13N3O6S. The monoisotopic (exact) mass is 351 g/mol. The number of aromatic nitrogens is 1. The Morgan fingerprint density at radius 3 is 2.71 bits per heavy atom. The van der Waals surface area contributed by atoms with E-state index >= 15 is 0 Å². The maximum atomic E-state index is 11.8. The second-order valence-corrected chi connectivity index (χ2v) is 5.50. The summed E-state index contributed by atoms with van der Waals surface area (Å²) < 4.78 is 10.2. The molecule has 0 radical (unpaired) electrons. The van der Waals surface area contributed by atoms with E-state index < -0.39 is 29.5 Å². The van der Waals surface area contributed by atoms with E-state index in [1.54, 1.807) is 24.3 Å². The molecule has 126 valence electrons. The van der Waals surface area contributed by atoms with Crippen LogP contribution in [-0.4, -0.2) is 34.5 Å². The number of carbonyl (C=O) groups is 2. The molecule has 0 saturated heterocycles. The van der Waals surface area contributed by atoms with Crippen molar-refractivity contribution in [2.45, 2.75) is 13.0 Å². The fraction of sp³-hybridized carbons (Fsp3) is 0.214. The third-order valence-corrected chi connectivity index (χ3v) is 3.52. The molecule has 0 spiro atoms. The first kappa shape index (κ1) is 17.3. The number of anilines is 1. The first-order chi connectivity index (χ1) is 11.5. The zero-order valence-electron chi connectivity index (χ0n) is 12.5. The molecule has 0 aliphatic carbocycles. The number of thiazole rings is 1. The summed E-state index contributed by atoms with van der Waals surface area (Å²) in [6.07, 6.45) is 0.142. The molecule has 1 aromatic heterocycles. The van der Waals surface area contributed by atoms with Gasteiger partial charge in [-0.05, 0) is 30.4 Å². The number of rotatable bonds is 7. The van der Waals surface area contributed by atoms with Crippen LogP contribution in [0.25, 0.3) is 0 Å². The maximum Gasteiger partial charge on any atom is 0.347 e. The second-order valence-electron chi connectivity index (χ2n) is 4.49. The normalized spacial score (nSPS) is 11.4. The average molecular weight is 351 g/mol. The van der Waals surface area contributed by atoms with Gasteiger partial charge in [-0.3, -0.25) is 20.2 Å². The lowest BCUT2D eigenvalue weighted by Gasteiger charge is -2.13. The second kappa shape index (κ2) is 8.02. The number of hydrogen-bond acceptors (Lipinski definition) is 8. The van der Waals surface area contributed by atoms with Gasteiger partial charge in [0.1, 0.15) is 11.9 Å². The van der Waals surface area contributed by atoms with Crippen molar-refractivity contribution in [1.29, 1.82) is 0 Å². The first-order valence-corrected chi connectivity index (χ1v) is 7.56. The number of para-hydroxylation sites is 1. The number of nitro groups is 1. The van der Waals surface area contributed by atoms with E-state index in [1.165, 1.54) is 6.92 Å². The van der Waals surface area contributed by atoms with Crippen molar-refractivity contribution in [1.82, 2.24) is 4.98 Å². The number of ether oxygens (including phenoxy) is 2. The average Bonchev–Trinajstić information content (AvgIpc) is 3.02. The quantitative estimate of drug-likeness (QED) is 0.460. The Kier molecular flexibility index (Phi) is 5.79. The summed E-state index contributed by atoms with van der Waals surface area (Å²) in [5.74, 6) is -0.861. The van der Waals surface area contributed by atoms with Gasteiger partial charge in [-0.25, -0.2) is 9.78 Å². The van der Waals surface area contributed by atoms with Gasteiger partial charge in [0.15, 0.2) is 17.8 Å². The van der Waals surface area contributed by atoms with Gasteiger partial charge in [0, 0.05) is 0 Å². The fourth-order valence-corrected chi connectivity index (χ4v) is 2.22. The van der Waals surface area contributed by atoms with Crippen molar-refractivity contribution < 1.29 is 24.0 Å². The molecule has 0 saturated carbocycles. The van der Waals surface area contributed by atoms with E-state index in [1.807, 2.05) is 6.07 Å². The standard InChI is InChI=1S/C14H13N3O6S/c1-9(23-10-5-3-2-4-6-10)13(19)22-8-11(18)16-14-15-7-12(24-14)17(20)21/h2-7,9H,8H2,1H3,(H,15,16,18). The molecular weight excluding hydrogens is 338 g/mol. The molecule has 0 bridgehead atoms. The molecule has 1 N–H and O–H groups in total. The van der Waals surface area contributed by atoms with Crippen molar-refractivity contribution in [3.8, 4) is 5.75 Å². The molecule has 24 heavy (non-hydrogen) atoms. The predicted molar refractivity (Wildman–Crippen MR) is 84.9 cm³/mol. The van der Waals surface area contributed by atoms with Gasteiger partial charge < -0.3 is 9.47 Å². The molecule has 9 nitrogen and oxygen atoms in total. The number of carbonyl (C=O) groups excluding carboxylic acids is 2. The van der Waals surface area contributed by atoms with E-state index in [0.717, 1.165) is 6.20 Å². The minimum Gasteiger partial charge on any atom is -0.479 e. The van der Waals surface area contributed by atoms with Gasteiger partial charge in [-0.2, -0.15) is 0 Å². The molecule has 10 heteroatoms. The van der Waals surface area contributed by atoms with E-state index in [9.17, 15) is 19.7 Å². The SMILES string of the molecule is CC(Oc1ccccc1)C(=O)OCC(=O)Nc1ncc([N+](=O)[O-])s1. The first-order valence-electron chi connectivity index (χ1n) is 6.74. The lowest BCUT2D eigenvalue weighted by atomic mass is 10.3. The Labute approximate surface area is 140 Å². The highest BCUT2D eigenvalue weighted by molar-refractivity contribution is 7.18. The number of esters is 1. The van der Waals surface area contributed by atoms with E-state index in [4.69, 9.17) is 9.47 Å². The van der Waals surface area contributed by atoms with Crippen LogP contribution in [0.4, 0.5) is 10.1 Å². The third kappa shape index (κ3) is 5.02. The minimum atomic E-state index is -0.888. The van der Waals surface area contributed by atoms with Gasteiger partial charge in [-0.15, -0.1) is 0 Å². The summed E-state index contributed by atoms with van der Waals surface area (Å²) in [4.78, 5) is 37.0. The zero-order chi connectivity index (χ0) is 17.5. The van der Waals surface area contributed by atoms with Crippen LogP contribution in [0.15, 0.2) is 36.5 Å². The highest BCUT2D eigenvalue weighted by Crippen LogP contribution is 2.24. The van der Waals surface area contributed by atoms with Gasteiger partial charge in [-0.1, -0.05) is 18.2 Å². The largest absolute Gasteiger partial charge is 0.479 e. The number of nitrogens with one attached hydrogen (secondary N) is 1. The van der Waals surface area contributed by atoms with Crippen LogP contribution in [0.2, 0.25) is 0 Å². The summed E-state index contributed by atoms with van der Waals surface area (Å²) >= 11 is 0.704. The van der Waals surface area contributed by atoms with Crippen molar-refractivity contribution in [3.63, 3.8) is 0 Å². The fourth-order valence-electron chi connectivity index (χ4n) is 1.57. The van der Waals surface area contributed by atoms with Gasteiger partial charge in [0.2, 0.25) is 0 Å². The number of benzene rings is 1. The van der Waals surface area contributed by atoms with Gasteiger partial charge in [0.25, 0.3) is 5.91 Å². The molecule has 0 aliphatic heterocycles. The molecule has 1 aromatic carbocycles. The molecule has 1 unspecified atom stereocenters. The van der Waals surface area contributed by atoms with Gasteiger partial charge in [0.05, 0.1) is 4.92 Å². The summed E-state index contributed by atoms with van der Waals surface area (Å²) in [7, 11) is 0. The van der Waals surface area contributed by atoms with E-state index in [0.29, 0.717) is 17.1 Å². The Balaban J connectivity index is 1.77. The van der Waals surface area contributed by atoms with Crippen molar-refractivity contribution in [3.05, 3.63) is 46.6 Å². The molecule has 2 rings (SSSR count). The highest BCUT2D eigenvalue weighted by Gasteiger charge is 2.19. The van der Waals surface area contributed by atoms with Crippen LogP contribution < -0.4 is 10.1 Å². The van der Waals surface area contributed by atoms with Gasteiger partial charge >= 0.3 is 11.0 Å². The Morgan fingerprint density at radius 1 is 1.38 bits per heavy atom. The summed E-state index contributed by atoms with van der Waals surface area (Å²) in [5.41, 5.74) is 0. The predicted octanol–water partition coefficient (Wildman–Crippen LogP) is 2.00. The third-order valence-electron chi connectivity index (χ3n) is 2.65. The number of amides is 1. The van der Waals surface area contributed by atoms with Crippen molar-refractivity contribution in [2.24, 2.45) is 0 Å². The Hall–Kier alpha value is -3.01. The van der Waals surface area contributed by atoms with E-state index in [2.05, 4.69) is 10.3 Å². The van der Waals surface area contributed by atoms with Crippen molar-refractivity contribution in [2.75, 3.05) is 11.9 Å².